The van der Waals surface area contributed by atoms with Gasteiger partial charge in [0.25, 0.3) is 0 Å². The van der Waals surface area contributed by atoms with Crippen LogP contribution in [0, 0.1) is 5.92 Å². The van der Waals surface area contributed by atoms with E-state index in [1.165, 1.54) is 23.1 Å². The predicted octanol–water partition coefficient (Wildman–Crippen LogP) is 4.42. The highest BCUT2D eigenvalue weighted by Gasteiger charge is 2.26. The van der Waals surface area contributed by atoms with E-state index in [0.717, 1.165) is 41.7 Å². The molecule has 1 saturated heterocycles. The van der Waals surface area contributed by atoms with Crippen molar-refractivity contribution in [3.8, 4) is 5.75 Å². The van der Waals surface area contributed by atoms with E-state index in [4.69, 9.17) is 4.74 Å². The highest BCUT2D eigenvalue weighted by atomic mass is 32.2. The normalized spacial score (nSPS) is 16.2. The van der Waals surface area contributed by atoms with Crippen LogP contribution in [-0.2, 0) is 4.79 Å². The number of aromatic nitrogens is 2. The van der Waals surface area contributed by atoms with Crippen LogP contribution in [-0.4, -0.2) is 46.0 Å². The van der Waals surface area contributed by atoms with Crippen LogP contribution in [0.5, 0.6) is 5.75 Å². The zero-order valence-electron chi connectivity index (χ0n) is 16.0. The van der Waals surface area contributed by atoms with Crippen molar-refractivity contribution in [2.24, 2.45) is 5.92 Å². The third kappa shape index (κ3) is 5.35. The van der Waals surface area contributed by atoms with Gasteiger partial charge in [-0.1, -0.05) is 42.2 Å². The summed E-state index contributed by atoms with van der Waals surface area (Å²) >= 11 is 2.93. The number of likely N-dealkylation sites (tertiary alicyclic amines) is 1. The maximum atomic E-state index is 12.7. The van der Waals surface area contributed by atoms with Gasteiger partial charge in [-0.3, -0.25) is 4.79 Å². The Morgan fingerprint density at radius 3 is 2.85 bits per heavy atom. The van der Waals surface area contributed by atoms with Gasteiger partial charge in [0.15, 0.2) is 4.34 Å². The second-order valence-electron chi connectivity index (χ2n) is 6.70. The van der Waals surface area contributed by atoms with E-state index in [-0.39, 0.29) is 11.2 Å². The quantitative estimate of drug-likeness (QED) is 0.687. The van der Waals surface area contributed by atoms with E-state index in [2.05, 4.69) is 22.4 Å². The van der Waals surface area contributed by atoms with Gasteiger partial charge in [0.2, 0.25) is 11.0 Å². The average Bonchev–Trinajstić information content (AvgIpc) is 3.10. The van der Waals surface area contributed by atoms with Crippen LogP contribution < -0.4 is 10.1 Å². The number of carbonyl (C=O) groups excluding carboxylic acids is 1. The fourth-order valence-corrected chi connectivity index (χ4v) is 4.95. The molecule has 0 saturated carbocycles. The standard InChI is InChI=1S/C19H26N4O2S2/c1-4-25-16-8-6-5-7-15(16)20-18-21-22-19(27-18)26-14(3)17(24)23-11-9-13(2)10-12-23/h5-8,13-14H,4,9-12H2,1-3H3,(H,20,21)/t14-/m0/s1. The minimum Gasteiger partial charge on any atom is -0.492 e. The first-order valence-electron chi connectivity index (χ1n) is 9.34. The van der Waals surface area contributed by atoms with Crippen LogP contribution in [0.2, 0.25) is 0 Å². The molecule has 1 amide bonds. The Balaban J connectivity index is 1.58. The first-order chi connectivity index (χ1) is 13.1. The van der Waals surface area contributed by atoms with Crippen molar-refractivity contribution in [1.82, 2.24) is 15.1 Å². The minimum absolute atomic E-state index is 0.157. The number of piperidine rings is 1. The van der Waals surface area contributed by atoms with Crippen molar-refractivity contribution in [2.75, 3.05) is 25.0 Å². The lowest BCUT2D eigenvalue weighted by Gasteiger charge is -2.31. The van der Waals surface area contributed by atoms with Crippen molar-refractivity contribution in [3.05, 3.63) is 24.3 Å². The van der Waals surface area contributed by atoms with Crippen LogP contribution in [0.4, 0.5) is 10.8 Å². The molecule has 0 bridgehead atoms. The predicted molar refractivity (Wildman–Crippen MR) is 111 cm³/mol. The lowest BCUT2D eigenvalue weighted by molar-refractivity contribution is -0.131. The van der Waals surface area contributed by atoms with Crippen molar-refractivity contribution < 1.29 is 9.53 Å². The van der Waals surface area contributed by atoms with E-state index in [9.17, 15) is 4.79 Å². The summed E-state index contributed by atoms with van der Waals surface area (Å²) in [5.74, 6) is 1.69. The summed E-state index contributed by atoms with van der Waals surface area (Å²) in [4.78, 5) is 14.6. The third-order valence-corrected chi connectivity index (χ3v) is 6.57. The Bertz CT molecular complexity index is 760. The Hall–Kier alpha value is -1.80. The molecular formula is C19H26N4O2S2. The summed E-state index contributed by atoms with van der Waals surface area (Å²) in [5.41, 5.74) is 0.860. The molecule has 8 heteroatoms. The summed E-state index contributed by atoms with van der Waals surface area (Å²) in [6, 6.07) is 7.75. The zero-order valence-corrected chi connectivity index (χ0v) is 17.6. The monoisotopic (exact) mass is 406 g/mol. The largest absolute Gasteiger partial charge is 0.492 e. The van der Waals surface area contributed by atoms with Crippen molar-refractivity contribution in [2.45, 2.75) is 43.2 Å². The molecule has 1 fully saturated rings. The Morgan fingerprint density at radius 1 is 1.37 bits per heavy atom. The number of anilines is 2. The fraction of sp³-hybridized carbons (Fsp3) is 0.526. The fourth-order valence-electron chi connectivity index (χ4n) is 2.96. The number of carbonyl (C=O) groups is 1. The maximum absolute atomic E-state index is 12.7. The number of nitrogens with zero attached hydrogens (tertiary/aromatic N) is 3. The second kappa shape index (κ2) is 9.41. The molecule has 146 valence electrons. The zero-order chi connectivity index (χ0) is 19.2. The molecule has 6 nitrogen and oxygen atoms in total. The lowest BCUT2D eigenvalue weighted by Crippen LogP contribution is -2.41. The van der Waals surface area contributed by atoms with Crippen LogP contribution in [0.15, 0.2) is 28.6 Å². The molecule has 0 radical (unpaired) electrons. The summed E-state index contributed by atoms with van der Waals surface area (Å²) in [6.07, 6.45) is 2.19. The first-order valence-corrected chi connectivity index (χ1v) is 11.0. The molecule has 3 rings (SSSR count). The Kier molecular flexibility index (Phi) is 6.95. The molecule has 0 unspecified atom stereocenters. The van der Waals surface area contributed by atoms with Crippen molar-refractivity contribution in [3.63, 3.8) is 0 Å². The summed E-state index contributed by atoms with van der Waals surface area (Å²) in [6.45, 7) is 8.48. The second-order valence-corrected chi connectivity index (χ2v) is 9.26. The van der Waals surface area contributed by atoms with E-state index in [1.54, 1.807) is 0 Å². The van der Waals surface area contributed by atoms with E-state index in [1.807, 2.05) is 43.0 Å². The van der Waals surface area contributed by atoms with Crippen LogP contribution in [0.1, 0.15) is 33.6 Å². The van der Waals surface area contributed by atoms with Gasteiger partial charge in [0.1, 0.15) is 5.75 Å². The van der Waals surface area contributed by atoms with Gasteiger partial charge >= 0.3 is 0 Å². The molecule has 1 aliphatic rings. The number of ether oxygens (including phenoxy) is 1. The third-order valence-electron chi connectivity index (χ3n) is 4.56. The number of hydrogen-bond acceptors (Lipinski definition) is 7. The molecule has 1 aromatic heterocycles. The van der Waals surface area contributed by atoms with Gasteiger partial charge < -0.3 is 15.0 Å². The molecule has 0 spiro atoms. The number of hydrogen-bond donors (Lipinski definition) is 1. The molecule has 1 N–H and O–H groups in total. The molecule has 1 atom stereocenters. The molecule has 27 heavy (non-hydrogen) atoms. The number of para-hydroxylation sites is 2. The van der Waals surface area contributed by atoms with Gasteiger partial charge in [0, 0.05) is 13.1 Å². The van der Waals surface area contributed by atoms with E-state index >= 15 is 0 Å². The van der Waals surface area contributed by atoms with Gasteiger partial charge in [-0.05, 0) is 44.7 Å². The van der Waals surface area contributed by atoms with Crippen LogP contribution >= 0.6 is 23.1 Å². The number of amides is 1. The van der Waals surface area contributed by atoms with E-state index < -0.39 is 0 Å². The lowest BCUT2D eigenvalue weighted by atomic mass is 9.99. The number of thioether (sulfide) groups is 1. The minimum atomic E-state index is -0.157. The van der Waals surface area contributed by atoms with Crippen LogP contribution in [0.25, 0.3) is 0 Å². The Labute approximate surface area is 168 Å². The van der Waals surface area contributed by atoms with Gasteiger partial charge in [-0.15, -0.1) is 10.2 Å². The Morgan fingerprint density at radius 2 is 2.11 bits per heavy atom. The van der Waals surface area contributed by atoms with Crippen LogP contribution in [0.3, 0.4) is 0 Å². The summed E-state index contributed by atoms with van der Waals surface area (Å²) < 4.78 is 6.41. The molecule has 0 aliphatic carbocycles. The number of rotatable bonds is 7. The molecule has 1 aromatic carbocycles. The number of nitrogens with one attached hydrogen (secondary N) is 1. The molecule has 2 heterocycles. The molecular weight excluding hydrogens is 380 g/mol. The first kappa shape index (κ1) is 19.9. The van der Waals surface area contributed by atoms with Crippen molar-refractivity contribution in [1.29, 1.82) is 0 Å². The highest BCUT2D eigenvalue weighted by Crippen LogP contribution is 2.33. The highest BCUT2D eigenvalue weighted by molar-refractivity contribution is 8.02. The SMILES string of the molecule is CCOc1ccccc1Nc1nnc(S[C@@H](C)C(=O)N2CCC(C)CC2)s1. The maximum Gasteiger partial charge on any atom is 0.235 e. The van der Waals surface area contributed by atoms with Gasteiger partial charge in [-0.25, -0.2) is 0 Å². The van der Waals surface area contributed by atoms with E-state index in [0.29, 0.717) is 17.7 Å². The smallest absolute Gasteiger partial charge is 0.235 e. The summed E-state index contributed by atoms with van der Waals surface area (Å²) in [7, 11) is 0. The number of benzene rings is 1. The summed E-state index contributed by atoms with van der Waals surface area (Å²) in [5, 5.41) is 12.2. The van der Waals surface area contributed by atoms with Gasteiger partial charge in [0.05, 0.1) is 17.5 Å². The average molecular weight is 407 g/mol. The molecule has 1 aliphatic heterocycles. The topological polar surface area (TPSA) is 67.3 Å². The van der Waals surface area contributed by atoms with Crippen molar-refractivity contribution >= 4 is 39.8 Å². The van der Waals surface area contributed by atoms with Gasteiger partial charge in [-0.2, -0.15) is 0 Å². The molecule has 2 aromatic rings.